The molecule has 0 saturated heterocycles. The van der Waals surface area contributed by atoms with Crippen molar-refractivity contribution >= 4 is 17.4 Å². The van der Waals surface area contributed by atoms with Gasteiger partial charge in [-0.05, 0) is 12.1 Å². The highest BCUT2D eigenvalue weighted by molar-refractivity contribution is 5.89. The topological polar surface area (TPSA) is 113 Å². The molecule has 0 bridgehead atoms. The Labute approximate surface area is 108 Å². The van der Waals surface area contributed by atoms with E-state index < -0.39 is 11.0 Å². The highest BCUT2D eigenvalue weighted by Crippen LogP contribution is 2.15. The van der Waals surface area contributed by atoms with E-state index in [0.29, 0.717) is 12.2 Å². The molecule has 1 aromatic carbocycles. The van der Waals surface area contributed by atoms with Crippen molar-refractivity contribution in [2.24, 2.45) is 0 Å². The van der Waals surface area contributed by atoms with E-state index in [2.05, 4.69) is 20.6 Å². The predicted molar refractivity (Wildman–Crippen MR) is 67.5 cm³/mol. The van der Waals surface area contributed by atoms with Gasteiger partial charge in [-0.15, -0.1) is 0 Å². The number of nitro groups is 1. The molecule has 1 heterocycles. The van der Waals surface area contributed by atoms with E-state index in [1.54, 1.807) is 6.20 Å². The van der Waals surface area contributed by atoms with E-state index in [4.69, 9.17) is 0 Å². The van der Waals surface area contributed by atoms with Crippen LogP contribution in [0.5, 0.6) is 0 Å². The number of hydrogen-bond acceptors (Lipinski definition) is 4. The van der Waals surface area contributed by atoms with Gasteiger partial charge in [-0.3, -0.25) is 10.1 Å². The Morgan fingerprint density at radius 3 is 2.68 bits per heavy atom. The van der Waals surface area contributed by atoms with Crippen molar-refractivity contribution in [2.45, 2.75) is 6.54 Å². The number of aromatic amines is 1. The number of anilines is 1. The lowest BCUT2D eigenvalue weighted by molar-refractivity contribution is -0.384. The number of non-ortho nitro benzene ring substituents is 1. The minimum absolute atomic E-state index is 0.0246. The smallest absolute Gasteiger partial charge is 0.319 e. The summed E-state index contributed by atoms with van der Waals surface area (Å²) in [5, 5.41) is 15.6. The van der Waals surface area contributed by atoms with Crippen molar-refractivity contribution in [3.63, 3.8) is 0 Å². The van der Waals surface area contributed by atoms with Gasteiger partial charge in [-0.1, -0.05) is 0 Å². The molecule has 2 amide bonds. The molecule has 0 spiro atoms. The molecule has 3 N–H and O–H groups in total. The normalized spacial score (nSPS) is 9.89. The Balaban J connectivity index is 1.86. The Bertz CT molecular complexity index is 565. The first-order valence-electron chi connectivity index (χ1n) is 5.42. The minimum Gasteiger partial charge on any atom is -0.347 e. The number of benzene rings is 1. The summed E-state index contributed by atoms with van der Waals surface area (Å²) in [4.78, 5) is 28.2. The zero-order valence-electron chi connectivity index (χ0n) is 9.79. The second-order valence-corrected chi connectivity index (χ2v) is 3.69. The van der Waals surface area contributed by atoms with Crippen LogP contribution in [0.15, 0.2) is 36.8 Å². The van der Waals surface area contributed by atoms with Crippen LogP contribution in [0.25, 0.3) is 0 Å². The number of H-pyrrole nitrogens is 1. The van der Waals surface area contributed by atoms with E-state index in [9.17, 15) is 14.9 Å². The number of nitrogens with zero attached hydrogens (tertiary/aromatic N) is 2. The first-order chi connectivity index (χ1) is 9.15. The van der Waals surface area contributed by atoms with Gasteiger partial charge in [0.1, 0.15) is 0 Å². The van der Waals surface area contributed by atoms with Crippen molar-refractivity contribution in [1.29, 1.82) is 0 Å². The lowest BCUT2D eigenvalue weighted by Gasteiger charge is -2.06. The maximum atomic E-state index is 11.5. The number of rotatable bonds is 4. The fourth-order valence-corrected chi connectivity index (χ4v) is 1.40. The van der Waals surface area contributed by atoms with E-state index in [0.717, 1.165) is 5.69 Å². The van der Waals surface area contributed by atoms with Crippen molar-refractivity contribution in [1.82, 2.24) is 15.3 Å². The molecule has 98 valence electrons. The fraction of sp³-hybridized carbons (Fsp3) is 0.0909. The van der Waals surface area contributed by atoms with Crippen molar-refractivity contribution in [3.8, 4) is 0 Å². The van der Waals surface area contributed by atoms with E-state index in [1.165, 1.54) is 30.6 Å². The summed E-state index contributed by atoms with van der Waals surface area (Å²) in [5.41, 5.74) is 1.23. The summed E-state index contributed by atoms with van der Waals surface area (Å²) in [6, 6.07) is 5.18. The van der Waals surface area contributed by atoms with Gasteiger partial charge >= 0.3 is 6.03 Å². The molecule has 0 fully saturated rings. The predicted octanol–water partition coefficient (Wildman–Crippen LogP) is 1.64. The summed E-state index contributed by atoms with van der Waals surface area (Å²) in [6.45, 7) is 0.318. The average Bonchev–Trinajstić information content (AvgIpc) is 2.90. The summed E-state index contributed by atoms with van der Waals surface area (Å²) in [6.07, 6.45) is 3.12. The van der Waals surface area contributed by atoms with Gasteiger partial charge in [0.05, 0.1) is 23.5 Å². The van der Waals surface area contributed by atoms with Crippen molar-refractivity contribution < 1.29 is 9.72 Å². The molecule has 0 radical (unpaired) electrons. The molecule has 2 rings (SSSR count). The Kier molecular flexibility index (Phi) is 3.72. The SMILES string of the molecule is O=C(NCc1cnc[nH]1)Nc1ccc([N+](=O)[O-])cc1. The highest BCUT2D eigenvalue weighted by Gasteiger charge is 2.06. The lowest BCUT2D eigenvalue weighted by atomic mass is 10.3. The molecule has 0 saturated carbocycles. The van der Waals surface area contributed by atoms with Crippen LogP contribution in [0.3, 0.4) is 0 Å². The molecule has 0 atom stereocenters. The molecular weight excluding hydrogens is 250 g/mol. The van der Waals surface area contributed by atoms with Crippen molar-refractivity contribution in [3.05, 3.63) is 52.6 Å². The van der Waals surface area contributed by atoms with Crippen LogP contribution in [0.2, 0.25) is 0 Å². The number of carbonyl (C=O) groups excluding carboxylic acids is 1. The maximum absolute atomic E-state index is 11.5. The van der Waals surface area contributed by atoms with Gasteiger partial charge in [-0.2, -0.15) is 0 Å². The fourth-order valence-electron chi connectivity index (χ4n) is 1.40. The van der Waals surface area contributed by atoms with Crippen LogP contribution in [0.1, 0.15) is 5.69 Å². The van der Waals surface area contributed by atoms with Gasteiger partial charge in [0.15, 0.2) is 0 Å². The maximum Gasteiger partial charge on any atom is 0.319 e. The minimum atomic E-state index is -0.498. The number of nitro benzene ring substituents is 1. The summed E-state index contributed by atoms with van der Waals surface area (Å²) >= 11 is 0. The van der Waals surface area contributed by atoms with Crippen LogP contribution in [-0.2, 0) is 6.54 Å². The number of amides is 2. The molecule has 0 aliphatic carbocycles. The van der Waals surface area contributed by atoms with E-state index in [1.807, 2.05) is 0 Å². The standard InChI is InChI=1S/C11H11N5O3/c17-11(13-6-9-5-12-7-14-9)15-8-1-3-10(4-2-8)16(18)19/h1-5,7H,6H2,(H,12,14)(H2,13,15,17). The molecule has 0 aliphatic rings. The second kappa shape index (κ2) is 5.63. The van der Waals surface area contributed by atoms with Crippen LogP contribution in [0.4, 0.5) is 16.2 Å². The Morgan fingerprint density at radius 1 is 1.37 bits per heavy atom. The molecule has 8 heteroatoms. The summed E-state index contributed by atoms with van der Waals surface area (Å²) in [5.74, 6) is 0. The third-order valence-corrected chi connectivity index (χ3v) is 2.33. The van der Waals surface area contributed by atoms with Crippen molar-refractivity contribution in [2.75, 3.05) is 5.32 Å². The third-order valence-electron chi connectivity index (χ3n) is 2.33. The summed E-state index contributed by atoms with van der Waals surface area (Å²) < 4.78 is 0. The zero-order chi connectivity index (χ0) is 13.7. The van der Waals surface area contributed by atoms with E-state index >= 15 is 0 Å². The average molecular weight is 261 g/mol. The molecule has 0 unspecified atom stereocenters. The van der Waals surface area contributed by atoms with Crippen LogP contribution in [0, 0.1) is 10.1 Å². The van der Waals surface area contributed by atoms with Gasteiger partial charge in [-0.25, -0.2) is 9.78 Å². The third kappa shape index (κ3) is 3.53. The molecule has 0 aliphatic heterocycles. The molecule has 2 aromatic rings. The number of urea groups is 1. The Hall–Kier alpha value is -2.90. The molecule has 8 nitrogen and oxygen atoms in total. The highest BCUT2D eigenvalue weighted by atomic mass is 16.6. The van der Waals surface area contributed by atoms with Gasteiger partial charge in [0, 0.05) is 24.0 Å². The number of aromatic nitrogens is 2. The number of hydrogen-bond donors (Lipinski definition) is 3. The molecule has 1 aromatic heterocycles. The molecular formula is C11H11N5O3. The van der Waals surface area contributed by atoms with Gasteiger partial charge < -0.3 is 15.6 Å². The monoisotopic (exact) mass is 261 g/mol. The van der Waals surface area contributed by atoms with Gasteiger partial charge in [0.2, 0.25) is 0 Å². The number of carbonyl (C=O) groups is 1. The van der Waals surface area contributed by atoms with Crippen LogP contribution >= 0.6 is 0 Å². The number of nitrogens with one attached hydrogen (secondary N) is 3. The lowest BCUT2D eigenvalue weighted by Crippen LogP contribution is -2.28. The second-order valence-electron chi connectivity index (χ2n) is 3.69. The first kappa shape index (κ1) is 12.6. The largest absolute Gasteiger partial charge is 0.347 e. The van der Waals surface area contributed by atoms with Gasteiger partial charge in [0.25, 0.3) is 5.69 Å². The summed E-state index contributed by atoms with van der Waals surface area (Å²) in [7, 11) is 0. The molecule has 19 heavy (non-hydrogen) atoms. The number of imidazole rings is 1. The van der Waals surface area contributed by atoms with Crippen LogP contribution in [-0.4, -0.2) is 20.9 Å². The zero-order valence-corrected chi connectivity index (χ0v) is 9.79. The van der Waals surface area contributed by atoms with Crippen LogP contribution < -0.4 is 10.6 Å². The van der Waals surface area contributed by atoms with E-state index in [-0.39, 0.29) is 5.69 Å². The quantitative estimate of drug-likeness (QED) is 0.573. The Morgan fingerprint density at radius 2 is 2.11 bits per heavy atom. The first-order valence-corrected chi connectivity index (χ1v) is 5.42.